The lowest BCUT2D eigenvalue weighted by Crippen LogP contribution is -2.41. The van der Waals surface area contributed by atoms with Gasteiger partial charge in [-0.2, -0.15) is 0 Å². The van der Waals surface area contributed by atoms with Gasteiger partial charge < -0.3 is 15.0 Å². The van der Waals surface area contributed by atoms with Gasteiger partial charge in [0.15, 0.2) is 0 Å². The second kappa shape index (κ2) is 3.79. The smallest absolute Gasteiger partial charge is 0.403 e. The first-order valence-corrected chi connectivity index (χ1v) is 5.29. The van der Waals surface area contributed by atoms with Gasteiger partial charge >= 0.3 is 7.12 Å². The highest BCUT2D eigenvalue weighted by Crippen LogP contribution is 2.40. The van der Waals surface area contributed by atoms with Crippen molar-refractivity contribution in [2.24, 2.45) is 5.73 Å². The summed E-state index contributed by atoms with van der Waals surface area (Å²) in [5, 5.41) is 0. The molecule has 0 aliphatic carbocycles. The van der Waals surface area contributed by atoms with Crippen LogP contribution >= 0.6 is 0 Å². The maximum Gasteiger partial charge on any atom is 0.461 e. The fourth-order valence-electron chi connectivity index (χ4n) is 1.53. The summed E-state index contributed by atoms with van der Waals surface area (Å²) < 4.78 is 11.6. The Labute approximate surface area is 91.6 Å². The van der Waals surface area contributed by atoms with Crippen molar-refractivity contribution in [2.75, 3.05) is 0 Å². The van der Waals surface area contributed by atoms with Crippen molar-refractivity contribution in [3.8, 4) is 0 Å². The van der Waals surface area contributed by atoms with Crippen LogP contribution in [0.25, 0.3) is 0 Å². The van der Waals surface area contributed by atoms with Crippen molar-refractivity contribution in [1.82, 2.24) is 0 Å². The summed E-state index contributed by atoms with van der Waals surface area (Å²) in [4.78, 5) is 10.8. The first-order chi connectivity index (χ1) is 6.66. The highest BCUT2D eigenvalue weighted by molar-refractivity contribution is 6.47. The first kappa shape index (κ1) is 12.5. The number of carbonyl (C=O) groups excluding carboxylic acids is 1. The van der Waals surface area contributed by atoms with Crippen LogP contribution < -0.4 is 5.73 Å². The molecule has 0 aromatic heterocycles. The molecule has 1 fully saturated rings. The first-order valence-electron chi connectivity index (χ1n) is 5.29. The molecule has 0 bridgehead atoms. The van der Waals surface area contributed by atoms with E-state index in [9.17, 15) is 4.79 Å². The number of nitrogens with two attached hydrogens (primary N) is 1. The van der Waals surface area contributed by atoms with E-state index in [1.165, 1.54) is 0 Å². The molecule has 1 unspecified atom stereocenters. The number of primary amides is 1. The maximum absolute atomic E-state index is 10.8. The molecule has 1 aliphatic rings. The van der Waals surface area contributed by atoms with E-state index in [2.05, 4.69) is 0 Å². The normalized spacial score (nSPS) is 25.3. The van der Waals surface area contributed by atoms with Crippen LogP contribution in [-0.2, 0) is 14.1 Å². The van der Waals surface area contributed by atoms with Gasteiger partial charge in [-0.3, -0.25) is 4.79 Å². The molecule has 15 heavy (non-hydrogen) atoms. The summed E-state index contributed by atoms with van der Waals surface area (Å²) >= 11 is 0. The molecule has 0 radical (unpaired) electrons. The largest absolute Gasteiger partial charge is 0.461 e. The van der Waals surface area contributed by atoms with Gasteiger partial charge in [-0.15, -0.1) is 0 Å². The lowest BCUT2D eigenvalue weighted by Gasteiger charge is -2.32. The van der Waals surface area contributed by atoms with Crippen LogP contribution in [0.2, 0.25) is 5.82 Å². The highest BCUT2D eigenvalue weighted by Gasteiger charge is 2.52. The van der Waals surface area contributed by atoms with Crippen LogP contribution in [0, 0.1) is 0 Å². The highest BCUT2D eigenvalue weighted by atomic mass is 16.7. The predicted molar refractivity (Wildman–Crippen MR) is 59.3 cm³/mol. The molecule has 1 amide bonds. The molecule has 0 aromatic carbocycles. The van der Waals surface area contributed by atoms with Crippen LogP contribution in [0.3, 0.4) is 0 Å². The Hall–Kier alpha value is -0.545. The predicted octanol–water partition coefficient (Wildman–Crippen LogP) is 1.34. The molecule has 1 heterocycles. The Morgan fingerprint density at radius 1 is 1.27 bits per heavy atom. The summed E-state index contributed by atoms with van der Waals surface area (Å²) in [5.74, 6) is -0.333. The Morgan fingerprint density at radius 3 is 2.00 bits per heavy atom. The van der Waals surface area contributed by atoms with Crippen molar-refractivity contribution in [3.63, 3.8) is 0 Å². The molecule has 1 saturated heterocycles. The Morgan fingerprint density at radius 2 is 1.67 bits per heavy atom. The minimum Gasteiger partial charge on any atom is -0.403 e. The molecule has 86 valence electrons. The second-order valence-corrected chi connectivity index (χ2v) is 5.27. The lowest BCUT2D eigenvalue weighted by molar-refractivity contribution is -0.118. The van der Waals surface area contributed by atoms with Gasteiger partial charge in [0.2, 0.25) is 5.91 Å². The standard InChI is InChI=1S/C10H20BNO3/c1-7(6-8(12)13)11-14-9(2,3)10(4,5)15-11/h7H,6H2,1-5H3,(H2,12,13). The summed E-state index contributed by atoms with van der Waals surface area (Å²) in [6, 6.07) is 0. The zero-order chi connectivity index (χ0) is 11.9. The minimum absolute atomic E-state index is 0.0106. The van der Waals surface area contributed by atoms with Gasteiger partial charge in [-0.1, -0.05) is 6.92 Å². The van der Waals surface area contributed by atoms with Crippen molar-refractivity contribution >= 4 is 13.0 Å². The third-order valence-corrected chi connectivity index (χ3v) is 3.26. The third kappa shape index (κ3) is 2.52. The average molecular weight is 213 g/mol. The van der Waals surface area contributed by atoms with E-state index < -0.39 is 0 Å². The molecule has 5 heteroatoms. The molecule has 2 N–H and O–H groups in total. The SMILES string of the molecule is CC(CC(N)=O)B1OC(C)(C)C(C)(C)O1. The minimum atomic E-state index is -0.345. The van der Waals surface area contributed by atoms with Crippen LogP contribution in [0.4, 0.5) is 0 Å². The third-order valence-electron chi connectivity index (χ3n) is 3.26. The van der Waals surface area contributed by atoms with Crippen molar-refractivity contribution in [2.45, 2.75) is 58.1 Å². The van der Waals surface area contributed by atoms with Gasteiger partial charge in [0, 0.05) is 6.42 Å². The van der Waals surface area contributed by atoms with Gasteiger partial charge in [0.05, 0.1) is 11.2 Å². The van der Waals surface area contributed by atoms with Gasteiger partial charge in [0.1, 0.15) is 0 Å². The number of carbonyl (C=O) groups is 1. The summed E-state index contributed by atoms with van der Waals surface area (Å²) in [5.41, 5.74) is 4.46. The number of rotatable bonds is 3. The van der Waals surface area contributed by atoms with E-state index in [4.69, 9.17) is 15.0 Å². The van der Waals surface area contributed by atoms with Gasteiger partial charge in [0.25, 0.3) is 0 Å². The van der Waals surface area contributed by atoms with E-state index in [0.29, 0.717) is 0 Å². The quantitative estimate of drug-likeness (QED) is 0.719. The summed E-state index contributed by atoms with van der Waals surface area (Å²) in [6.07, 6.45) is 0.289. The lowest BCUT2D eigenvalue weighted by atomic mass is 9.71. The topological polar surface area (TPSA) is 61.6 Å². The number of hydrogen-bond acceptors (Lipinski definition) is 3. The van der Waals surface area contributed by atoms with E-state index in [-0.39, 0.29) is 36.5 Å². The van der Waals surface area contributed by atoms with E-state index in [0.717, 1.165) is 0 Å². The van der Waals surface area contributed by atoms with E-state index >= 15 is 0 Å². The van der Waals surface area contributed by atoms with Crippen LogP contribution in [0.15, 0.2) is 0 Å². The molecule has 1 aliphatic heterocycles. The molecular weight excluding hydrogens is 193 g/mol. The molecular formula is C10H20BNO3. The Bertz CT molecular complexity index is 249. The molecule has 4 nitrogen and oxygen atoms in total. The zero-order valence-corrected chi connectivity index (χ0v) is 10.2. The van der Waals surface area contributed by atoms with Crippen molar-refractivity contribution in [3.05, 3.63) is 0 Å². The Kier molecular flexibility index (Phi) is 3.17. The summed E-state index contributed by atoms with van der Waals surface area (Å²) in [7, 11) is -0.345. The maximum atomic E-state index is 10.8. The molecule has 0 aromatic rings. The fourth-order valence-corrected chi connectivity index (χ4v) is 1.53. The number of amides is 1. The van der Waals surface area contributed by atoms with Crippen LogP contribution in [0.1, 0.15) is 41.0 Å². The monoisotopic (exact) mass is 213 g/mol. The van der Waals surface area contributed by atoms with Gasteiger partial charge in [-0.25, -0.2) is 0 Å². The van der Waals surface area contributed by atoms with Crippen LogP contribution in [0.5, 0.6) is 0 Å². The van der Waals surface area contributed by atoms with Crippen LogP contribution in [-0.4, -0.2) is 24.2 Å². The molecule has 1 rings (SSSR count). The molecule has 0 spiro atoms. The van der Waals surface area contributed by atoms with E-state index in [1.54, 1.807) is 0 Å². The number of hydrogen-bond donors (Lipinski definition) is 1. The van der Waals surface area contributed by atoms with Gasteiger partial charge in [-0.05, 0) is 33.5 Å². The Balaban J connectivity index is 2.66. The van der Waals surface area contributed by atoms with Crippen molar-refractivity contribution in [1.29, 1.82) is 0 Å². The molecule has 0 saturated carbocycles. The van der Waals surface area contributed by atoms with Crippen molar-refractivity contribution < 1.29 is 14.1 Å². The van der Waals surface area contributed by atoms with E-state index in [1.807, 2.05) is 34.6 Å². The molecule has 1 atom stereocenters. The fraction of sp³-hybridized carbons (Fsp3) is 0.900. The average Bonchev–Trinajstić information content (AvgIpc) is 2.20. The summed E-state index contributed by atoms with van der Waals surface area (Å²) in [6.45, 7) is 9.87. The second-order valence-electron chi connectivity index (χ2n) is 5.27. The zero-order valence-electron chi connectivity index (χ0n) is 10.2.